The van der Waals surface area contributed by atoms with Gasteiger partial charge in [-0.1, -0.05) is 0 Å². The molecule has 82 valence electrons. The summed E-state index contributed by atoms with van der Waals surface area (Å²) in [6.45, 7) is 0.973. The summed E-state index contributed by atoms with van der Waals surface area (Å²) >= 11 is 0. The van der Waals surface area contributed by atoms with Crippen molar-refractivity contribution in [1.29, 1.82) is 0 Å². The standard InChI is InChI=1S/C12H12FN3/c13-9-5-3-8(4-6-9)11-12-10(15-16-11)2-1-7-14-12/h3-6,14H,1-2,7H2,(H,15,16). The largest absolute Gasteiger partial charge is 0.382 e. The van der Waals surface area contributed by atoms with Gasteiger partial charge in [-0.05, 0) is 37.1 Å². The molecule has 0 saturated carbocycles. The van der Waals surface area contributed by atoms with Gasteiger partial charge in [-0.3, -0.25) is 5.10 Å². The Kier molecular flexibility index (Phi) is 2.13. The van der Waals surface area contributed by atoms with Crippen LogP contribution in [0.15, 0.2) is 24.3 Å². The van der Waals surface area contributed by atoms with Crippen LogP contribution in [0, 0.1) is 5.82 Å². The highest BCUT2D eigenvalue weighted by Gasteiger charge is 2.17. The Balaban J connectivity index is 2.06. The highest BCUT2D eigenvalue weighted by atomic mass is 19.1. The number of benzene rings is 1. The van der Waals surface area contributed by atoms with Crippen LogP contribution in [0.5, 0.6) is 0 Å². The fraction of sp³-hybridized carbons (Fsp3) is 0.250. The maximum atomic E-state index is 12.8. The van der Waals surface area contributed by atoms with Gasteiger partial charge in [-0.2, -0.15) is 5.10 Å². The Morgan fingerprint density at radius 3 is 2.81 bits per heavy atom. The van der Waals surface area contributed by atoms with Gasteiger partial charge >= 0.3 is 0 Å². The smallest absolute Gasteiger partial charge is 0.123 e. The lowest BCUT2D eigenvalue weighted by Gasteiger charge is -2.13. The molecule has 0 spiro atoms. The fourth-order valence-electron chi connectivity index (χ4n) is 2.04. The van der Waals surface area contributed by atoms with Gasteiger partial charge < -0.3 is 5.32 Å². The number of anilines is 1. The van der Waals surface area contributed by atoms with Crippen LogP contribution in [0.2, 0.25) is 0 Å². The van der Waals surface area contributed by atoms with Gasteiger partial charge in [-0.25, -0.2) is 4.39 Å². The summed E-state index contributed by atoms with van der Waals surface area (Å²) in [5.74, 6) is -0.221. The van der Waals surface area contributed by atoms with E-state index in [9.17, 15) is 4.39 Å². The summed E-state index contributed by atoms with van der Waals surface area (Å²) in [6, 6.07) is 6.42. The van der Waals surface area contributed by atoms with E-state index in [0.29, 0.717) is 0 Å². The molecule has 3 nitrogen and oxygen atoms in total. The van der Waals surface area contributed by atoms with E-state index in [4.69, 9.17) is 0 Å². The third-order valence-corrected chi connectivity index (χ3v) is 2.86. The number of nitrogens with zero attached hydrogens (tertiary/aromatic N) is 1. The van der Waals surface area contributed by atoms with Crippen molar-refractivity contribution in [2.75, 3.05) is 11.9 Å². The highest BCUT2D eigenvalue weighted by molar-refractivity contribution is 5.76. The molecule has 2 aromatic rings. The van der Waals surface area contributed by atoms with Gasteiger partial charge in [0.25, 0.3) is 0 Å². The molecule has 0 fully saturated rings. The number of H-pyrrole nitrogens is 1. The molecule has 16 heavy (non-hydrogen) atoms. The summed E-state index contributed by atoms with van der Waals surface area (Å²) in [5.41, 5.74) is 4.03. The molecule has 0 amide bonds. The predicted molar refractivity (Wildman–Crippen MR) is 60.8 cm³/mol. The van der Waals surface area contributed by atoms with Crippen LogP contribution < -0.4 is 5.32 Å². The van der Waals surface area contributed by atoms with Crippen molar-refractivity contribution in [3.05, 3.63) is 35.8 Å². The van der Waals surface area contributed by atoms with Crippen molar-refractivity contribution in [1.82, 2.24) is 10.2 Å². The van der Waals surface area contributed by atoms with E-state index in [0.717, 1.165) is 42.0 Å². The molecular weight excluding hydrogens is 205 g/mol. The first-order valence-corrected chi connectivity index (χ1v) is 5.41. The quantitative estimate of drug-likeness (QED) is 0.770. The summed E-state index contributed by atoms with van der Waals surface area (Å²) in [4.78, 5) is 0. The zero-order valence-corrected chi connectivity index (χ0v) is 8.76. The van der Waals surface area contributed by atoms with E-state index >= 15 is 0 Å². The molecule has 1 aromatic heterocycles. The second-order valence-electron chi connectivity index (χ2n) is 3.96. The Bertz CT molecular complexity index is 501. The molecule has 0 radical (unpaired) electrons. The van der Waals surface area contributed by atoms with Gasteiger partial charge in [-0.15, -0.1) is 0 Å². The number of aromatic nitrogens is 2. The minimum atomic E-state index is -0.221. The Morgan fingerprint density at radius 1 is 1.19 bits per heavy atom. The lowest BCUT2D eigenvalue weighted by molar-refractivity contribution is 0.628. The number of aromatic amines is 1. The molecular formula is C12H12FN3. The van der Waals surface area contributed by atoms with Gasteiger partial charge in [0.15, 0.2) is 0 Å². The van der Waals surface area contributed by atoms with E-state index in [1.54, 1.807) is 12.1 Å². The van der Waals surface area contributed by atoms with Crippen molar-refractivity contribution in [3.63, 3.8) is 0 Å². The number of aryl methyl sites for hydroxylation is 1. The summed E-state index contributed by atoms with van der Waals surface area (Å²) in [7, 11) is 0. The van der Waals surface area contributed by atoms with E-state index in [2.05, 4.69) is 15.5 Å². The summed E-state index contributed by atoms with van der Waals surface area (Å²) in [6.07, 6.45) is 2.15. The molecule has 0 unspecified atom stereocenters. The zero-order chi connectivity index (χ0) is 11.0. The molecule has 2 N–H and O–H groups in total. The van der Waals surface area contributed by atoms with E-state index < -0.39 is 0 Å². The van der Waals surface area contributed by atoms with Gasteiger partial charge in [0.2, 0.25) is 0 Å². The third-order valence-electron chi connectivity index (χ3n) is 2.86. The minimum Gasteiger partial charge on any atom is -0.382 e. The molecule has 0 atom stereocenters. The number of nitrogens with one attached hydrogen (secondary N) is 2. The molecule has 0 aliphatic carbocycles. The van der Waals surface area contributed by atoms with Crippen LogP contribution in [0.25, 0.3) is 11.3 Å². The normalized spacial score (nSPS) is 14.3. The van der Waals surface area contributed by atoms with Crippen LogP contribution in [-0.4, -0.2) is 16.7 Å². The second kappa shape index (κ2) is 3.63. The first-order chi connectivity index (χ1) is 7.84. The first-order valence-electron chi connectivity index (χ1n) is 5.41. The number of hydrogen-bond donors (Lipinski definition) is 2. The summed E-state index contributed by atoms with van der Waals surface area (Å²) < 4.78 is 12.8. The van der Waals surface area contributed by atoms with Crippen LogP contribution in [0.3, 0.4) is 0 Å². The van der Waals surface area contributed by atoms with Gasteiger partial charge in [0, 0.05) is 12.1 Å². The SMILES string of the molecule is Fc1ccc(-c2n[nH]c3c2NCCC3)cc1. The molecule has 0 bridgehead atoms. The molecule has 3 rings (SSSR count). The van der Waals surface area contributed by atoms with Crippen molar-refractivity contribution in [2.24, 2.45) is 0 Å². The van der Waals surface area contributed by atoms with Crippen molar-refractivity contribution in [2.45, 2.75) is 12.8 Å². The van der Waals surface area contributed by atoms with Crippen molar-refractivity contribution < 1.29 is 4.39 Å². The lowest BCUT2D eigenvalue weighted by atomic mass is 10.1. The molecule has 1 aromatic carbocycles. The first kappa shape index (κ1) is 9.39. The molecule has 4 heteroatoms. The molecule has 1 aliphatic rings. The van der Waals surface area contributed by atoms with E-state index in [-0.39, 0.29) is 5.82 Å². The summed E-state index contributed by atoms with van der Waals surface area (Å²) in [5, 5.41) is 10.7. The van der Waals surface area contributed by atoms with Crippen LogP contribution in [-0.2, 0) is 6.42 Å². The lowest BCUT2D eigenvalue weighted by Crippen LogP contribution is -2.10. The molecule has 0 saturated heterocycles. The van der Waals surface area contributed by atoms with Crippen molar-refractivity contribution >= 4 is 5.69 Å². The van der Waals surface area contributed by atoms with Gasteiger partial charge in [0.05, 0.1) is 11.4 Å². The molecule has 2 heterocycles. The highest BCUT2D eigenvalue weighted by Crippen LogP contribution is 2.31. The van der Waals surface area contributed by atoms with E-state index in [1.807, 2.05) is 0 Å². The van der Waals surface area contributed by atoms with Crippen molar-refractivity contribution in [3.8, 4) is 11.3 Å². The van der Waals surface area contributed by atoms with Crippen LogP contribution in [0.4, 0.5) is 10.1 Å². The maximum Gasteiger partial charge on any atom is 0.123 e. The Hall–Kier alpha value is -1.84. The predicted octanol–water partition coefficient (Wildman–Crippen LogP) is 2.57. The van der Waals surface area contributed by atoms with Crippen LogP contribution in [0.1, 0.15) is 12.1 Å². The number of fused-ring (bicyclic) bond motifs is 1. The zero-order valence-electron chi connectivity index (χ0n) is 8.76. The van der Waals surface area contributed by atoms with E-state index in [1.165, 1.54) is 12.1 Å². The Labute approximate surface area is 92.7 Å². The van der Waals surface area contributed by atoms with Crippen LogP contribution >= 0.6 is 0 Å². The fourth-order valence-corrected chi connectivity index (χ4v) is 2.04. The maximum absolute atomic E-state index is 12.8. The third kappa shape index (κ3) is 1.46. The second-order valence-corrected chi connectivity index (χ2v) is 3.96. The number of rotatable bonds is 1. The topological polar surface area (TPSA) is 40.7 Å². The Morgan fingerprint density at radius 2 is 2.00 bits per heavy atom. The molecule has 1 aliphatic heterocycles. The minimum absolute atomic E-state index is 0.221. The average Bonchev–Trinajstić information content (AvgIpc) is 2.74. The average molecular weight is 217 g/mol. The monoisotopic (exact) mass is 217 g/mol. The number of halogens is 1. The number of hydrogen-bond acceptors (Lipinski definition) is 2. The van der Waals surface area contributed by atoms with Gasteiger partial charge in [0.1, 0.15) is 11.5 Å².